The van der Waals surface area contributed by atoms with Gasteiger partial charge >= 0.3 is 6.09 Å². The smallest absolute Gasteiger partial charge is 0.410 e. The molecule has 0 spiro atoms. The van der Waals surface area contributed by atoms with Gasteiger partial charge in [0, 0.05) is 19.6 Å². The van der Waals surface area contributed by atoms with Gasteiger partial charge in [-0.3, -0.25) is 9.69 Å². The Kier molecular flexibility index (Phi) is 4.15. The van der Waals surface area contributed by atoms with Gasteiger partial charge in [0.05, 0.1) is 0 Å². The summed E-state index contributed by atoms with van der Waals surface area (Å²) in [6.07, 6.45) is 1.25. The van der Waals surface area contributed by atoms with E-state index in [-0.39, 0.29) is 12.5 Å². The minimum atomic E-state index is -0.529. The molecule has 0 aromatic rings. The third-order valence-electron chi connectivity index (χ3n) is 2.32. The Bertz CT molecular complexity index is 320. The Labute approximate surface area is 102 Å². The second kappa shape index (κ2) is 5.21. The maximum absolute atomic E-state index is 11.7. The number of nitrogens with zero attached hydrogens (tertiary/aromatic N) is 2. The van der Waals surface area contributed by atoms with Gasteiger partial charge in [0.15, 0.2) is 0 Å². The number of piperazine rings is 1. The fraction of sp³-hybridized carbons (Fsp3) is 0.667. The number of carbonyl (C=O) groups is 2. The summed E-state index contributed by atoms with van der Waals surface area (Å²) < 4.78 is 5.22. The lowest BCUT2D eigenvalue weighted by Crippen LogP contribution is -2.53. The zero-order valence-corrected chi connectivity index (χ0v) is 10.7. The normalized spacial score (nSPS) is 17.0. The zero-order valence-electron chi connectivity index (χ0n) is 10.7. The van der Waals surface area contributed by atoms with Gasteiger partial charge in [0.1, 0.15) is 12.1 Å². The van der Waals surface area contributed by atoms with Crippen molar-refractivity contribution in [1.29, 1.82) is 0 Å². The molecule has 2 amide bonds. The molecule has 5 heteroatoms. The van der Waals surface area contributed by atoms with Gasteiger partial charge in [-0.1, -0.05) is 6.08 Å². The number of amides is 2. The summed E-state index contributed by atoms with van der Waals surface area (Å²) in [4.78, 5) is 26.5. The van der Waals surface area contributed by atoms with E-state index in [4.69, 9.17) is 4.74 Å². The lowest BCUT2D eigenvalue weighted by molar-refractivity contribution is -0.135. The molecule has 1 fully saturated rings. The number of rotatable bonds is 2. The number of hydrogen-bond donors (Lipinski definition) is 0. The van der Waals surface area contributed by atoms with Crippen LogP contribution in [-0.2, 0) is 9.53 Å². The molecule has 0 atom stereocenters. The van der Waals surface area contributed by atoms with Crippen LogP contribution >= 0.6 is 0 Å². The molecule has 0 radical (unpaired) electrons. The summed E-state index contributed by atoms with van der Waals surface area (Å²) in [5.74, 6) is -0.0676. The summed E-state index contributed by atoms with van der Waals surface area (Å²) in [6, 6.07) is 0. The fourth-order valence-electron chi connectivity index (χ4n) is 1.54. The number of hydrogen-bond acceptors (Lipinski definition) is 3. The molecule has 5 nitrogen and oxygen atoms in total. The molecule has 1 aliphatic rings. The maximum Gasteiger partial charge on any atom is 0.410 e. The fourth-order valence-corrected chi connectivity index (χ4v) is 1.54. The van der Waals surface area contributed by atoms with Crippen LogP contribution in [0.4, 0.5) is 4.79 Å². The van der Waals surface area contributed by atoms with Crippen LogP contribution in [0.5, 0.6) is 0 Å². The molecule has 0 unspecified atom stereocenters. The van der Waals surface area contributed by atoms with Crippen LogP contribution in [0.2, 0.25) is 0 Å². The Morgan fingerprint density at radius 1 is 1.47 bits per heavy atom. The van der Waals surface area contributed by atoms with Crippen LogP contribution in [0.25, 0.3) is 0 Å². The van der Waals surface area contributed by atoms with Crippen molar-refractivity contribution in [3.8, 4) is 0 Å². The molecule has 0 saturated carbocycles. The molecule has 1 aliphatic heterocycles. The molecule has 0 N–H and O–H groups in total. The van der Waals surface area contributed by atoms with Crippen molar-refractivity contribution in [3.05, 3.63) is 12.7 Å². The molecule has 0 aromatic heterocycles. The van der Waals surface area contributed by atoms with Crippen LogP contribution in [0, 0.1) is 0 Å². The highest BCUT2D eigenvalue weighted by atomic mass is 16.6. The highest BCUT2D eigenvalue weighted by Crippen LogP contribution is 2.12. The minimum Gasteiger partial charge on any atom is -0.444 e. The lowest BCUT2D eigenvalue weighted by atomic mass is 10.2. The van der Waals surface area contributed by atoms with E-state index in [1.165, 1.54) is 4.90 Å². The molecular weight excluding hydrogens is 220 g/mol. The van der Waals surface area contributed by atoms with Crippen LogP contribution in [0.3, 0.4) is 0 Å². The van der Waals surface area contributed by atoms with Crippen molar-refractivity contribution in [3.63, 3.8) is 0 Å². The molecule has 1 saturated heterocycles. The molecule has 96 valence electrons. The van der Waals surface area contributed by atoms with E-state index in [1.54, 1.807) is 31.7 Å². The van der Waals surface area contributed by atoms with E-state index in [0.717, 1.165) is 0 Å². The van der Waals surface area contributed by atoms with E-state index >= 15 is 0 Å². The number of carbonyl (C=O) groups excluding carboxylic acids is 2. The van der Waals surface area contributed by atoms with Gasteiger partial charge in [-0.05, 0) is 20.8 Å². The SMILES string of the molecule is C=CCN1CCN(C(=O)OC(C)(C)C)CC1=O. The third kappa shape index (κ3) is 4.09. The first-order chi connectivity index (χ1) is 7.83. The first-order valence-corrected chi connectivity index (χ1v) is 5.70. The monoisotopic (exact) mass is 240 g/mol. The predicted octanol–water partition coefficient (Wildman–Crippen LogP) is 1.25. The first-order valence-electron chi connectivity index (χ1n) is 5.70. The maximum atomic E-state index is 11.7. The van der Waals surface area contributed by atoms with Gasteiger partial charge in [0.25, 0.3) is 0 Å². The Morgan fingerprint density at radius 3 is 2.59 bits per heavy atom. The van der Waals surface area contributed by atoms with Gasteiger partial charge in [0.2, 0.25) is 5.91 Å². The molecular formula is C12H20N2O3. The summed E-state index contributed by atoms with van der Waals surface area (Å²) >= 11 is 0. The minimum absolute atomic E-state index is 0.0676. The van der Waals surface area contributed by atoms with Gasteiger partial charge < -0.3 is 9.64 Å². The van der Waals surface area contributed by atoms with Crippen LogP contribution in [0.15, 0.2) is 12.7 Å². The predicted molar refractivity (Wildman–Crippen MR) is 64.6 cm³/mol. The Hall–Kier alpha value is -1.52. The van der Waals surface area contributed by atoms with Crippen molar-refractivity contribution in [2.75, 3.05) is 26.2 Å². The molecule has 0 bridgehead atoms. The lowest BCUT2D eigenvalue weighted by Gasteiger charge is -2.34. The van der Waals surface area contributed by atoms with Crippen molar-refractivity contribution >= 4 is 12.0 Å². The number of ether oxygens (including phenoxy) is 1. The third-order valence-corrected chi connectivity index (χ3v) is 2.32. The molecule has 1 rings (SSSR count). The van der Waals surface area contributed by atoms with Gasteiger partial charge in [-0.2, -0.15) is 0 Å². The van der Waals surface area contributed by atoms with Crippen molar-refractivity contribution in [2.45, 2.75) is 26.4 Å². The van der Waals surface area contributed by atoms with Gasteiger partial charge in [-0.25, -0.2) is 4.79 Å². The summed E-state index contributed by atoms with van der Waals surface area (Å²) in [7, 11) is 0. The molecule has 0 aliphatic carbocycles. The average molecular weight is 240 g/mol. The summed E-state index contributed by atoms with van der Waals surface area (Å²) in [5.41, 5.74) is -0.529. The largest absolute Gasteiger partial charge is 0.444 e. The highest BCUT2D eigenvalue weighted by molar-refractivity contribution is 5.83. The summed E-state index contributed by atoms with van der Waals surface area (Å²) in [5, 5.41) is 0. The van der Waals surface area contributed by atoms with Crippen LogP contribution < -0.4 is 0 Å². The van der Waals surface area contributed by atoms with Crippen molar-refractivity contribution in [2.24, 2.45) is 0 Å². The molecule has 17 heavy (non-hydrogen) atoms. The Morgan fingerprint density at radius 2 is 2.12 bits per heavy atom. The van der Waals surface area contributed by atoms with Crippen molar-refractivity contribution in [1.82, 2.24) is 9.80 Å². The van der Waals surface area contributed by atoms with Crippen molar-refractivity contribution < 1.29 is 14.3 Å². The highest BCUT2D eigenvalue weighted by Gasteiger charge is 2.29. The molecule has 1 heterocycles. The quantitative estimate of drug-likeness (QED) is 0.683. The van der Waals surface area contributed by atoms with E-state index in [2.05, 4.69) is 6.58 Å². The van der Waals surface area contributed by atoms with E-state index in [1.807, 2.05) is 0 Å². The summed E-state index contributed by atoms with van der Waals surface area (Å²) in [6.45, 7) is 10.7. The van der Waals surface area contributed by atoms with Gasteiger partial charge in [-0.15, -0.1) is 6.58 Å². The second-order valence-electron chi connectivity index (χ2n) is 5.03. The standard InChI is InChI=1S/C12H20N2O3/c1-5-6-13-7-8-14(9-10(13)15)11(16)17-12(2,3)4/h5H,1,6-9H2,2-4H3. The van der Waals surface area contributed by atoms with Crippen LogP contribution in [0.1, 0.15) is 20.8 Å². The molecule has 0 aromatic carbocycles. The first kappa shape index (κ1) is 13.5. The van der Waals surface area contributed by atoms with Crippen LogP contribution in [-0.4, -0.2) is 53.6 Å². The second-order valence-corrected chi connectivity index (χ2v) is 5.03. The van der Waals surface area contributed by atoms with E-state index in [9.17, 15) is 9.59 Å². The average Bonchev–Trinajstić information content (AvgIpc) is 2.18. The van der Waals surface area contributed by atoms with E-state index < -0.39 is 11.7 Å². The Balaban J connectivity index is 2.52. The zero-order chi connectivity index (χ0) is 13.1. The van der Waals surface area contributed by atoms with E-state index in [0.29, 0.717) is 19.6 Å². The topological polar surface area (TPSA) is 49.9 Å².